The van der Waals surface area contributed by atoms with Crippen molar-refractivity contribution in [3.8, 4) is 5.75 Å². The second kappa shape index (κ2) is 9.21. The first-order chi connectivity index (χ1) is 14.5. The molecule has 0 saturated carbocycles. The molecule has 1 aliphatic rings. The van der Waals surface area contributed by atoms with Crippen LogP contribution in [0.3, 0.4) is 0 Å². The van der Waals surface area contributed by atoms with Gasteiger partial charge in [-0.2, -0.15) is 0 Å². The SMILES string of the molecule is COc1ccc(C(C)N(Cc2ccc(C)o2)C(=S)NC2CC(C)(C)NC(C)(C)C2)cc1. The molecule has 0 radical (unpaired) electrons. The van der Waals surface area contributed by atoms with Crippen molar-refractivity contribution in [1.82, 2.24) is 15.5 Å². The Kier molecular flexibility index (Phi) is 7.01. The molecule has 1 atom stereocenters. The number of hydrogen-bond acceptors (Lipinski definition) is 4. The van der Waals surface area contributed by atoms with Crippen LogP contribution in [-0.4, -0.2) is 34.2 Å². The summed E-state index contributed by atoms with van der Waals surface area (Å²) in [7, 11) is 1.69. The van der Waals surface area contributed by atoms with Crippen LogP contribution in [0.4, 0.5) is 0 Å². The number of furan rings is 1. The van der Waals surface area contributed by atoms with Gasteiger partial charge in [0.05, 0.1) is 19.7 Å². The maximum atomic E-state index is 5.97. The zero-order valence-corrected chi connectivity index (χ0v) is 20.7. The van der Waals surface area contributed by atoms with E-state index in [2.05, 4.69) is 62.3 Å². The van der Waals surface area contributed by atoms with Crippen LogP contribution in [-0.2, 0) is 6.54 Å². The molecule has 3 rings (SSSR count). The van der Waals surface area contributed by atoms with E-state index < -0.39 is 0 Å². The number of nitrogens with one attached hydrogen (secondary N) is 2. The number of thiocarbonyl (C=S) groups is 1. The summed E-state index contributed by atoms with van der Waals surface area (Å²) in [5, 5.41) is 8.18. The van der Waals surface area contributed by atoms with Gasteiger partial charge in [0.2, 0.25) is 0 Å². The molecule has 1 saturated heterocycles. The first-order valence-corrected chi connectivity index (χ1v) is 11.4. The minimum Gasteiger partial charge on any atom is -0.497 e. The molecule has 5 nitrogen and oxygen atoms in total. The topological polar surface area (TPSA) is 49.7 Å². The molecule has 1 fully saturated rings. The van der Waals surface area contributed by atoms with Crippen molar-refractivity contribution < 1.29 is 9.15 Å². The largest absolute Gasteiger partial charge is 0.497 e. The molecule has 170 valence electrons. The highest BCUT2D eigenvalue weighted by atomic mass is 32.1. The Morgan fingerprint density at radius 3 is 2.29 bits per heavy atom. The van der Waals surface area contributed by atoms with E-state index in [4.69, 9.17) is 21.4 Å². The Morgan fingerprint density at radius 2 is 1.77 bits per heavy atom. The maximum Gasteiger partial charge on any atom is 0.170 e. The van der Waals surface area contributed by atoms with E-state index in [1.165, 1.54) is 5.56 Å². The molecule has 6 heteroatoms. The summed E-state index contributed by atoms with van der Waals surface area (Å²) in [5.74, 6) is 2.67. The normalized spacial score (nSPS) is 18.9. The highest BCUT2D eigenvalue weighted by Gasteiger charge is 2.38. The average molecular weight is 444 g/mol. The Morgan fingerprint density at radius 1 is 1.16 bits per heavy atom. The molecule has 2 aromatic rings. The molecule has 1 aromatic heterocycles. The Hall–Kier alpha value is -2.05. The molecule has 0 aliphatic carbocycles. The van der Waals surface area contributed by atoms with Crippen molar-refractivity contribution >= 4 is 17.3 Å². The molecule has 1 aromatic carbocycles. The van der Waals surface area contributed by atoms with Gasteiger partial charge in [-0.25, -0.2) is 0 Å². The summed E-state index contributed by atoms with van der Waals surface area (Å²) < 4.78 is 11.2. The quantitative estimate of drug-likeness (QED) is 0.588. The zero-order chi connectivity index (χ0) is 22.8. The summed E-state index contributed by atoms with van der Waals surface area (Å²) in [5.41, 5.74) is 1.29. The number of piperidine rings is 1. The number of aryl methyl sites for hydroxylation is 1. The van der Waals surface area contributed by atoms with Crippen molar-refractivity contribution in [2.75, 3.05) is 7.11 Å². The average Bonchev–Trinajstić information content (AvgIpc) is 3.08. The molecule has 2 heterocycles. The molecule has 0 amide bonds. The summed E-state index contributed by atoms with van der Waals surface area (Å²) in [6, 6.07) is 12.6. The van der Waals surface area contributed by atoms with Crippen LogP contribution in [0.15, 0.2) is 40.8 Å². The fourth-order valence-electron chi connectivity index (χ4n) is 4.87. The first-order valence-electron chi connectivity index (χ1n) is 11.0. The second-order valence-electron chi connectivity index (χ2n) is 10.0. The van der Waals surface area contributed by atoms with E-state index in [9.17, 15) is 0 Å². The molecular formula is C25H37N3O2S. The van der Waals surface area contributed by atoms with Gasteiger partial charge in [-0.05, 0) is 96.4 Å². The molecule has 1 aliphatic heterocycles. The first kappa shape index (κ1) is 23.6. The summed E-state index contributed by atoms with van der Waals surface area (Å²) >= 11 is 5.97. The van der Waals surface area contributed by atoms with Crippen molar-refractivity contribution in [3.05, 3.63) is 53.5 Å². The number of ether oxygens (including phenoxy) is 1. The van der Waals surface area contributed by atoms with E-state index in [-0.39, 0.29) is 17.1 Å². The minimum atomic E-state index is 0.0551. The number of hydrogen-bond donors (Lipinski definition) is 2. The van der Waals surface area contributed by atoms with Crippen LogP contribution < -0.4 is 15.4 Å². The minimum absolute atomic E-state index is 0.0551. The highest BCUT2D eigenvalue weighted by Crippen LogP contribution is 2.30. The molecular weight excluding hydrogens is 406 g/mol. The lowest BCUT2D eigenvalue weighted by Crippen LogP contribution is -2.62. The number of benzene rings is 1. The molecule has 0 bridgehead atoms. The lowest BCUT2D eigenvalue weighted by Gasteiger charge is -2.47. The van der Waals surface area contributed by atoms with Crippen LogP contribution >= 0.6 is 12.2 Å². The van der Waals surface area contributed by atoms with Gasteiger partial charge >= 0.3 is 0 Å². The third kappa shape index (κ3) is 6.23. The van der Waals surface area contributed by atoms with Crippen LogP contribution in [0.2, 0.25) is 0 Å². The van der Waals surface area contributed by atoms with Gasteiger partial charge in [0.15, 0.2) is 5.11 Å². The monoisotopic (exact) mass is 443 g/mol. The van der Waals surface area contributed by atoms with Gasteiger partial charge in [0.1, 0.15) is 17.3 Å². The summed E-state index contributed by atoms with van der Waals surface area (Å²) in [6.45, 7) is 13.8. The van der Waals surface area contributed by atoms with Crippen LogP contribution in [0.5, 0.6) is 5.75 Å². The van der Waals surface area contributed by atoms with E-state index >= 15 is 0 Å². The third-order valence-corrected chi connectivity index (χ3v) is 6.32. The Labute approximate surface area is 192 Å². The third-order valence-electron chi connectivity index (χ3n) is 5.97. The van der Waals surface area contributed by atoms with Crippen molar-refractivity contribution in [3.63, 3.8) is 0 Å². The predicted molar refractivity (Wildman–Crippen MR) is 130 cm³/mol. The molecule has 1 unspecified atom stereocenters. The number of methoxy groups -OCH3 is 1. The highest BCUT2D eigenvalue weighted by molar-refractivity contribution is 7.80. The van der Waals surface area contributed by atoms with Gasteiger partial charge in [0, 0.05) is 17.1 Å². The summed E-state index contributed by atoms with van der Waals surface area (Å²) in [4.78, 5) is 2.22. The van der Waals surface area contributed by atoms with Gasteiger partial charge in [-0.3, -0.25) is 0 Å². The van der Waals surface area contributed by atoms with Gasteiger partial charge in [0.25, 0.3) is 0 Å². The second-order valence-corrected chi connectivity index (χ2v) is 10.4. The van der Waals surface area contributed by atoms with Crippen LogP contribution in [0.1, 0.15) is 70.6 Å². The predicted octanol–water partition coefficient (Wildman–Crippen LogP) is 5.34. The van der Waals surface area contributed by atoms with Crippen molar-refractivity contribution in [1.29, 1.82) is 0 Å². The van der Waals surface area contributed by atoms with Crippen molar-refractivity contribution in [2.45, 2.75) is 84.1 Å². The zero-order valence-electron chi connectivity index (χ0n) is 19.9. The fourth-order valence-corrected chi connectivity index (χ4v) is 5.26. The molecule has 2 N–H and O–H groups in total. The summed E-state index contributed by atoms with van der Waals surface area (Å²) in [6.07, 6.45) is 2.03. The molecule has 31 heavy (non-hydrogen) atoms. The van der Waals surface area contributed by atoms with E-state index in [0.29, 0.717) is 12.6 Å². The Balaban J connectivity index is 1.81. The van der Waals surface area contributed by atoms with E-state index in [1.807, 2.05) is 31.2 Å². The lowest BCUT2D eigenvalue weighted by molar-refractivity contribution is 0.152. The van der Waals surface area contributed by atoms with Crippen LogP contribution in [0.25, 0.3) is 0 Å². The van der Waals surface area contributed by atoms with Crippen molar-refractivity contribution in [2.24, 2.45) is 0 Å². The Bertz CT molecular complexity index is 872. The lowest BCUT2D eigenvalue weighted by atomic mass is 9.80. The van der Waals surface area contributed by atoms with E-state index in [1.54, 1.807) is 7.11 Å². The maximum absolute atomic E-state index is 5.97. The standard InChI is InChI=1S/C25H37N3O2S/c1-17-8-11-22(30-17)16-28(18(2)19-9-12-21(29-7)13-10-19)23(31)26-20-14-24(3,4)27-25(5,6)15-20/h8-13,18,20,27H,14-16H2,1-7H3,(H,26,31). The van der Waals surface area contributed by atoms with Crippen LogP contribution in [0, 0.1) is 6.92 Å². The van der Waals surface area contributed by atoms with Gasteiger partial charge in [-0.1, -0.05) is 12.1 Å². The number of rotatable bonds is 6. The smallest absolute Gasteiger partial charge is 0.170 e. The number of nitrogens with zero attached hydrogens (tertiary/aromatic N) is 1. The fraction of sp³-hybridized carbons (Fsp3) is 0.560. The van der Waals surface area contributed by atoms with E-state index in [0.717, 1.165) is 35.2 Å². The van der Waals surface area contributed by atoms with Gasteiger partial charge in [-0.15, -0.1) is 0 Å². The van der Waals surface area contributed by atoms with Gasteiger partial charge < -0.3 is 24.7 Å². The molecule has 0 spiro atoms.